The lowest BCUT2D eigenvalue weighted by molar-refractivity contribution is -0.195. The van der Waals surface area contributed by atoms with Gasteiger partial charge in [0.25, 0.3) is 0 Å². The monoisotopic (exact) mass is 324 g/mol. The van der Waals surface area contributed by atoms with Gasteiger partial charge in [-0.05, 0) is 24.8 Å². The Bertz CT molecular complexity index is 527. The summed E-state index contributed by atoms with van der Waals surface area (Å²) in [6.45, 7) is 1.23. The zero-order valence-electron chi connectivity index (χ0n) is 12.4. The van der Waals surface area contributed by atoms with Gasteiger partial charge in [-0.25, -0.2) is 0 Å². The highest BCUT2D eigenvalue weighted by atomic mass is 35.5. The Morgan fingerprint density at radius 3 is 2.50 bits per heavy atom. The molecule has 1 saturated heterocycles. The number of hydrogen-bond donors (Lipinski definition) is 2. The van der Waals surface area contributed by atoms with Crippen molar-refractivity contribution in [2.24, 2.45) is 0 Å². The molecule has 22 heavy (non-hydrogen) atoms. The van der Waals surface area contributed by atoms with E-state index in [0.29, 0.717) is 45.3 Å². The van der Waals surface area contributed by atoms with Gasteiger partial charge < -0.3 is 19.7 Å². The molecule has 2 fully saturated rings. The van der Waals surface area contributed by atoms with Gasteiger partial charge in [0.05, 0.1) is 18.6 Å². The van der Waals surface area contributed by atoms with Gasteiger partial charge in [-0.3, -0.25) is 0 Å². The van der Waals surface area contributed by atoms with Crippen LogP contribution in [-0.2, 0) is 9.47 Å². The van der Waals surface area contributed by atoms with Gasteiger partial charge in [0, 0.05) is 12.8 Å². The van der Waals surface area contributed by atoms with E-state index >= 15 is 0 Å². The molecule has 2 N–H and O–H groups in total. The molecule has 2 unspecified atom stereocenters. The normalized spacial score (nSPS) is 30.5. The molecule has 5 heteroatoms. The number of halogens is 1. The third-order valence-electron chi connectivity index (χ3n) is 4.49. The van der Waals surface area contributed by atoms with Crippen LogP contribution < -0.4 is 0 Å². The molecule has 1 heterocycles. The molecule has 1 spiro atoms. The predicted octanol–water partition coefficient (Wildman–Crippen LogP) is 1.89. The van der Waals surface area contributed by atoms with Crippen LogP contribution in [0.3, 0.4) is 0 Å². The molecule has 1 aliphatic heterocycles. The van der Waals surface area contributed by atoms with Crippen molar-refractivity contribution in [1.29, 1.82) is 0 Å². The van der Waals surface area contributed by atoms with Crippen LogP contribution >= 0.6 is 11.6 Å². The fraction of sp³-hybridized carbons (Fsp3) is 0.647. The van der Waals surface area contributed by atoms with Crippen LogP contribution in [-0.4, -0.2) is 46.3 Å². The topological polar surface area (TPSA) is 58.9 Å². The summed E-state index contributed by atoms with van der Waals surface area (Å²) >= 11 is 5.95. The minimum Gasteiger partial charge on any atom is -0.378 e. The highest BCUT2D eigenvalue weighted by Crippen LogP contribution is 2.39. The number of aliphatic hydroxyl groups is 2. The maximum absolute atomic E-state index is 10.5. The predicted molar refractivity (Wildman–Crippen MR) is 83.3 cm³/mol. The van der Waals surface area contributed by atoms with Gasteiger partial charge in [-0.2, -0.15) is 0 Å². The summed E-state index contributed by atoms with van der Waals surface area (Å²) in [4.78, 5) is 0. The van der Waals surface area contributed by atoms with E-state index in [2.05, 4.69) is 11.8 Å². The Labute approximate surface area is 135 Å². The molecule has 4 nitrogen and oxygen atoms in total. The van der Waals surface area contributed by atoms with Gasteiger partial charge in [0.15, 0.2) is 5.79 Å². The molecule has 2 atom stereocenters. The zero-order chi connectivity index (χ0) is 15.6. The van der Waals surface area contributed by atoms with Gasteiger partial charge in [-0.1, -0.05) is 30.1 Å². The van der Waals surface area contributed by atoms with Crippen molar-refractivity contribution in [3.05, 3.63) is 23.8 Å². The SMILES string of the molecule is OC(C#CC1(O)CCC2(CC1)OCCO2)C1=CCC(Cl)C=C1. The average Bonchev–Trinajstić information content (AvgIpc) is 2.98. The molecule has 3 aliphatic rings. The van der Waals surface area contributed by atoms with Crippen LogP contribution in [0.2, 0.25) is 0 Å². The Morgan fingerprint density at radius 1 is 1.23 bits per heavy atom. The number of allylic oxidation sites excluding steroid dienone is 2. The van der Waals surface area contributed by atoms with Gasteiger partial charge in [0.2, 0.25) is 0 Å². The summed E-state index contributed by atoms with van der Waals surface area (Å²) in [5.41, 5.74) is -0.335. The second-order valence-electron chi connectivity index (χ2n) is 6.13. The Morgan fingerprint density at radius 2 is 1.91 bits per heavy atom. The van der Waals surface area contributed by atoms with Crippen molar-refractivity contribution in [2.45, 2.75) is 55.0 Å². The lowest BCUT2D eigenvalue weighted by Crippen LogP contribution is -2.43. The molecule has 2 aliphatic carbocycles. The van der Waals surface area contributed by atoms with E-state index in [1.54, 1.807) is 6.08 Å². The summed E-state index contributed by atoms with van der Waals surface area (Å²) in [5, 5.41) is 20.6. The Hall–Kier alpha value is -0.830. The molecular weight excluding hydrogens is 304 g/mol. The second-order valence-corrected chi connectivity index (χ2v) is 6.69. The standard InChI is InChI=1S/C17H21ClO4/c18-14-3-1-13(2-4-14)15(19)5-6-16(20)7-9-17(10-8-16)21-11-12-22-17/h1-3,14-15,19-20H,4,7-12H2. The lowest BCUT2D eigenvalue weighted by atomic mass is 9.81. The lowest BCUT2D eigenvalue weighted by Gasteiger charge is -2.37. The van der Waals surface area contributed by atoms with Crippen molar-refractivity contribution in [2.75, 3.05) is 13.2 Å². The van der Waals surface area contributed by atoms with Gasteiger partial charge >= 0.3 is 0 Å². The summed E-state index contributed by atoms with van der Waals surface area (Å²) in [5.74, 6) is 5.10. The van der Waals surface area contributed by atoms with Crippen molar-refractivity contribution >= 4 is 11.6 Å². The van der Waals surface area contributed by atoms with E-state index in [-0.39, 0.29) is 5.38 Å². The minimum atomic E-state index is -1.07. The van der Waals surface area contributed by atoms with E-state index in [0.717, 1.165) is 5.57 Å². The molecule has 0 aromatic carbocycles. The highest BCUT2D eigenvalue weighted by Gasteiger charge is 2.44. The molecule has 0 radical (unpaired) electrons. The van der Waals surface area contributed by atoms with Crippen molar-refractivity contribution in [1.82, 2.24) is 0 Å². The zero-order valence-corrected chi connectivity index (χ0v) is 13.2. The molecule has 120 valence electrons. The number of alkyl halides is 1. The van der Waals surface area contributed by atoms with Gasteiger partial charge in [-0.15, -0.1) is 11.6 Å². The van der Waals surface area contributed by atoms with Crippen LogP contribution in [0.5, 0.6) is 0 Å². The third kappa shape index (κ3) is 3.56. The molecule has 1 saturated carbocycles. The minimum absolute atomic E-state index is 0.0194. The van der Waals surface area contributed by atoms with E-state index in [4.69, 9.17) is 21.1 Å². The number of ether oxygens (including phenoxy) is 2. The second kappa shape index (κ2) is 6.35. The third-order valence-corrected chi connectivity index (χ3v) is 4.81. The van der Waals surface area contributed by atoms with Gasteiger partial charge in [0.1, 0.15) is 11.7 Å². The van der Waals surface area contributed by atoms with Crippen molar-refractivity contribution < 1.29 is 19.7 Å². The van der Waals surface area contributed by atoms with Crippen LogP contribution in [0.25, 0.3) is 0 Å². The van der Waals surface area contributed by atoms with E-state index < -0.39 is 17.5 Å². The van der Waals surface area contributed by atoms with Crippen LogP contribution in [0.1, 0.15) is 32.1 Å². The summed E-state index contributed by atoms with van der Waals surface area (Å²) in [6.07, 6.45) is 7.56. The molecular formula is C17H21ClO4. The highest BCUT2D eigenvalue weighted by molar-refractivity contribution is 6.22. The number of aliphatic hydroxyl groups excluding tert-OH is 1. The fourth-order valence-corrected chi connectivity index (χ4v) is 3.22. The Kier molecular flexibility index (Phi) is 4.63. The smallest absolute Gasteiger partial charge is 0.168 e. The molecule has 0 bridgehead atoms. The molecule has 0 aromatic heterocycles. The number of hydrogen-bond acceptors (Lipinski definition) is 4. The quantitative estimate of drug-likeness (QED) is 0.571. The first-order valence-corrected chi connectivity index (χ1v) is 8.17. The van der Waals surface area contributed by atoms with Crippen LogP contribution in [0, 0.1) is 11.8 Å². The fourth-order valence-electron chi connectivity index (χ4n) is 3.05. The van der Waals surface area contributed by atoms with E-state index in [9.17, 15) is 10.2 Å². The number of rotatable bonds is 1. The maximum atomic E-state index is 10.5. The van der Waals surface area contributed by atoms with E-state index in [1.807, 2.05) is 12.2 Å². The Balaban J connectivity index is 1.60. The summed E-state index contributed by atoms with van der Waals surface area (Å²) in [7, 11) is 0. The maximum Gasteiger partial charge on any atom is 0.168 e. The van der Waals surface area contributed by atoms with Crippen LogP contribution in [0.15, 0.2) is 23.8 Å². The van der Waals surface area contributed by atoms with Crippen molar-refractivity contribution in [3.8, 4) is 11.8 Å². The first kappa shape index (κ1) is 16.0. The molecule has 0 aromatic rings. The molecule has 3 rings (SSSR count). The van der Waals surface area contributed by atoms with Crippen LogP contribution in [0.4, 0.5) is 0 Å². The van der Waals surface area contributed by atoms with E-state index in [1.165, 1.54) is 0 Å². The largest absolute Gasteiger partial charge is 0.378 e. The first-order valence-electron chi connectivity index (χ1n) is 7.74. The first-order chi connectivity index (χ1) is 10.5. The van der Waals surface area contributed by atoms with Crippen molar-refractivity contribution in [3.63, 3.8) is 0 Å². The summed E-state index contributed by atoms with van der Waals surface area (Å²) < 4.78 is 11.3. The summed E-state index contributed by atoms with van der Waals surface area (Å²) in [6, 6.07) is 0. The molecule has 0 amide bonds. The average molecular weight is 325 g/mol.